The fourth-order valence-electron chi connectivity index (χ4n) is 2.64. The van der Waals surface area contributed by atoms with Crippen LogP contribution in [0.5, 0.6) is 0 Å². The van der Waals surface area contributed by atoms with E-state index in [1.807, 2.05) is 42.1 Å². The lowest BCUT2D eigenvalue weighted by atomic mass is 10.1. The van der Waals surface area contributed by atoms with Crippen LogP contribution in [0.15, 0.2) is 29.8 Å². The second-order valence-electron chi connectivity index (χ2n) is 6.77. The van der Waals surface area contributed by atoms with E-state index in [4.69, 9.17) is 0 Å². The van der Waals surface area contributed by atoms with Crippen molar-refractivity contribution >= 4 is 17.2 Å². The normalized spacial score (nSPS) is 11.1. The Bertz CT molecular complexity index is 895. The summed E-state index contributed by atoms with van der Waals surface area (Å²) in [5, 5.41) is 10.1. The van der Waals surface area contributed by atoms with Crippen LogP contribution >= 0.6 is 11.3 Å². The first kappa shape index (κ1) is 18.3. The van der Waals surface area contributed by atoms with Gasteiger partial charge in [-0.15, -0.1) is 11.3 Å². The van der Waals surface area contributed by atoms with Gasteiger partial charge >= 0.3 is 0 Å². The molecule has 0 fully saturated rings. The van der Waals surface area contributed by atoms with Crippen molar-refractivity contribution in [3.05, 3.63) is 57.4 Å². The number of hydrogen-bond donors (Lipinski definition) is 1. The molecule has 26 heavy (non-hydrogen) atoms. The van der Waals surface area contributed by atoms with Crippen LogP contribution < -0.4 is 5.32 Å². The van der Waals surface area contributed by atoms with Gasteiger partial charge in [0.15, 0.2) is 5.82 Å². The minimum Gasteiger partial charge on any atom is -0.347 e. The summed E-state index contributed by atoms with van der Waals surface area (Å²) in [6, 6.07) is 5.87. The summed E-state index contributed by atoms with van der Waals surface area (Å²) >= 11 is 1.54. The molecule has 0 radical (unpaired) electrons. The molecule has 3 rings (SSSR count). The van der Waals surface area contributed by atoms with E-state index in [-0.39, 0.29) is 5.91 Å². The van der Waals surface area contributed by atoms with Crippen LogP contribution in [0.2, 0.25) is 0 Å². The average Bonchev–Trinajstić information content (AvgIpc) is 3.19. The number of nitrogens with one attached hydrogen (secondary N) is 1. The maximum absolute atomic E-state index is 12.3. The zero-order valence-corrected chi connectivity index (χ0v) is 16.3. The van der Waals surface area contributed by atoms with Crippen LogP contribution in [0.25, 0.3) is 5.82 Å². The van der Waals surface area contributed by atoms with Crippen LogP contribution in [0.1, 0.15) is 46.3 Å². The maximum Gasteiger partial charge on any atom is 0.271 e. The molecule has 0 saturated carbocycles. The van der Waals surface area contributed by atoms with Gasteiger partial charge in [-0.05, 0) is 37.5 Å². The Morgan fingerprint density at radius 1 is 1.31 bits per heavy atom. The number of aryl methyl sites for hydroxylation is 2. The molecule has 0 atom stereocenters. The lowest BCUT2D eigenvalue weighted by Gasteiger charge is -2.06. The Morgan fingerprint density at radius 2 is 2.12 bits per heavy atom. The van der Waals surface area contributed by atoms with Gasteiger partial charge in [0.25, 0.3) is 5.91 Å². The minimum absolute atomic E-state index is 0.154. The number of nitrogens with zero attached hydrogens (tertiary/aromatic N) is 4. The van der Waals surface area contributed by atoms with Gasteiger partial charge in [-0.25, -0.2) is 14.6 Å². The second kappa shape index (κ2) is 7.78. The zero-order valence-electron chi connectivity index (χ0n) is 15.5. The van der Waals surface area contributed by atoms with Crippen molar-refractivity contribution in [3.8, 4) is 5.82 Å². The number of amides is 1. The van der Waals surface area contributed by atoms with E-state index in [1.54, 1.807) is 6.20 Å². The summed E-state index contributed by atoms with van der Waals surface area (Å²) in [4.78, 5) is 21.1. The molecule has 0 aliphatic heterocycles. The smallest absolute Gasteiger partial charge is 0.271 e. The number of aromatic nitrogens is 4. The van der Waals surface area contributed by atoms with Crippen LogP contribution in [-0.2, 0) is 13.0 Å². The largest absolute Gasteiger partial charge is 0.347 e. The number of carbonyl (C=O) groups is 1. The molecular weight excluding hydrogens is 346 g/mol. The standard InChI is InChI=1S/C19H23N5OS/c1-12(2)7-18-22-16(11-26-18)19(25)21-10-15-5-6-17(20-9-15)24-14(4)8-13(3)23-24/h5-6,8-9,11-12H,7,10H2,1-4H3,(H,21,25). The zero-order chi connectivity index (χ0) is 18.7. The van der Waals surface area contributed by atoms with E-state index < -0.39 is 0 Å². The summed E-state index contributed by atoms with van der Waals surface area (Å²) < 4.78 is 1.81. The third kappa shape index (κ3) is 4.35. The highest BCUT2D eigenvalue weighted by atomic mass is 32.1. The van der Waals surface area contributed by atoms with E-state index in [0.29, 0.717) is 18.2 Å². The van der Waals surface area contributed by atoms with Gasteiger partial charge in [-0.1, -0.05) is 19.9 Å². The van der Waals surface area contributed by atoms with E-state index in [1.165, 1.54) is 11.3 Å². The first-order chi connectivity index (χ1) is 12.4. The molecule has 1 amide bonds. The van der Waals surface area contributed by atoms with Gasteiger partial charge in [0.1, 0.15) is 5.69 Å². The molecule has 3 aromatic rings. The van der Waals surface area contributed by atoms with Crippen LogP contribution in [0, 0.1) is 19.8 Å². The topological polar surface area (TPSA) is 72.7 Å². The average molecular weight is 369 g/mol. The predicted molar refractivity (Wildman–Crippen MR) is 103 cm³/mol. The molecule has 7 heteroatoms. The number of rotatable bonds is 6. The highest BCUT2D eigenvalue weighted by Gasteiger charge is 2.12. The molecule has 0 saturated heterocycles. The molecular formula is C19H23N5OS. The van der Waals surface area contributed by atoms with Crippen molar-refractivity contribution in [2.45, 2.75) is 40.7 Å². The van der Waals surface area contributed by atoms with E-state index >= 15 is 0 Å². The summed E-state index contributed by atoms with van der Waals surface area (Å²) in [6.07, 6.45) is 2.66. The SMILES string of the molecule is Cc1cc(C)n(-c2ccc(CNC(=O)c3csc(CC(C)C)n3)cn2)n1. The van der Waals surface area contributed by atoms with Gasteiger partial charge in [0, 0.05) is 30.2 Å². The Hall–Kier alpha value is -2.54. The fourth-order valence-corrected chi connectivity index (χ4v) is 3.63. The monoisotopic (exact) mass is 369 g/mol. The second-order valence-corrected chi connectivity index (χ2v) is 7.71. The van der Waals surface area contributed by atoms with Gasteiger partial charge < -0.3 is 5.32 Å². The minimum atomic E-state index is -0.154. The Balaban J connectivity index is 1.60. The maximum atomic E-state index is 12.3. The van der Waals surface area contributed by atoms with Crippen molar-refractivity contribution in [3.63, 3.8) is 0 Å². The molecule has 0 aromatic carbocycles. The van der Waals surface area contributed by atoms with E-state index in [2.05, 4.69) is 34.2 Å². The summed E-state index contributed by atoms with van der Waals surface area (Å²) in [5.41, 5.74) is 3.41. The van der Waals surface area contributed by atoms with E-state index in [0.717, 1.165) is 34.2 Å². The number of pyridine rings is 1. The molecule has 3 heterocycles. The molecule has 0 unspecified atom stereocenters. The highest BCUT2D eigenvalue weighted by molar-refractivity contribution is 7.09. The predicted octanol–water partition coefficient (Wildman–Crippen LogP) is 3.47. The van der Waals surface area contributed by atoms with Crippen molar-refractivity contribution in [2.24, 2.45) is 5.92 Å². The summed E-state index contributed by atoms with van der Waals surface area (Å²) in [6.45, 7) is 8.66. The van der Waals surface area contributed by atoms with Crippen molar-refractivity contribution in [1.82, 2.24) is 25.1 Å². The molecule has 0 spiro atoms. The van der Waals surface area contributed by atoms with Crippen molar-refractivity contribution < 1.29 is 4.79 Å². The quantitative estimate of drug-likeness (QED) is 0.722. The lowest BCUT2D eigenvalue weighted by Crippen LogP contribution is -2.23. The number of carbonyl (C=O) groups excluding carboxylic acids is 1. The van der Waals surface area contributed by atoms with Crippen LogP contribution in [-0.4, -0.2) is 25.7 Å². The molecule has 6 nitrogen and oxygen atoms in total. The molecule has 0 aliphatic carbocycles. The first-order valence-electron chi connectivity index (χ1n) is 8.63. The van der Waals surface area contributed by atoms with Crippen molar-refractivity contribution in [2.75, 3.05) is 0 Å². The van der Waals surface area contributed by atoms with Gasteiger partial charge in [-0.2, -0.15) is 5.10 Å². The lowest BCUT2D eigenvalue weighted by molar-refractivity contribution is 0.0946. The number of thiazole rings is 1. The van der Waals surface area contributed by atoms with Crippen LogP contribution in [0.4, 0.5) is 0 Å². The van der Waals surface area contributed by atoms with Crippen LogP contribution in [0.3, 0.4) is 0 Å². The molecule has 1 N–H and O–H groups in total. The molecule has 0 bridgehead atoms. The van der Waals surface area contributed by atoms with Gasteiger partial charge in [0.05, 0.1) is 10.7 Å². The fraction of sp³-hybridized carbons (Fsp3) is 0.368. The third-order valence-corrected chi connectivity index (χ3v) is 4.73. The number of hydrogen-bond acceptors (Lipinski definition) is 5. The Kier molecular flexibility index (Phi) is 5.46. The molecule has 3 aromatic heterocycles. The van der Waals surface area contributed by atoms with Crippen molar-refractivity contribution in [1.29, 1.82) is 0 Å². The Labute approximate surface area is 157 Å². The Morgan fingerprint density at radius 3 is 2.73 bits per heavy atom. The van der Waals surface area contributed by atoms with Gasteiger partial charge in [-0.3, -0.25) is 4.79 Å². The van der Waals surface area contributed by atoms with Gasteiger partial charge in [0.2, 0.25) is 0 Å². The van der Waals surface area contributed by atoms with E-state index in [9.17, 15) is 4.79 Å². The summed E-state index contributed by atoms with van der Waals surface area (Å²) in [5.74, 6) is 1.14. The first-order valence-corrected chi connectivity index (χ1v) is 9.51. The summed E-state index contributed by atoms with van der Waals surface area (Å²) in [7, 11) is 0. The third-order valence-electron chi connectivity index (χ3n) is 3.86. The highest BCUT2D eigenvalue weighted by Crippen LogP contribution is 2.14. The molecule has 0 aliphatic rings. The molecule has 136 valence electrons.